The first-order chi connectivity index (χ1) is 9.70. The van der Waals surface area contributed by atoms with E-state index >= 15 is 0 Å². The van der Waals surface area contributed by atoms with Crippen LogP contribution in [0.15, 0.2) is 11.6 Å². The molecule has 1 heterocycles. The van der Waals surface area contributed by atoms with Crippen molar-refractivity contribution in [3.05, 3.63) is 16.6 Å². The molecule has 4 heteroatoms. The molecule has 114 valence electrons. The third-order valence-corrected chi connectivity index (χ3v) is 5.30. The fraction of sp³-hybridized carbons (Fsp3) is 0.812. The Hall–Kier alpha value is -0.450. The van der Waals surface area contributed by atoms with Crippen molar-refractivity contribution < 1.29 is 4.74 Å². The fourth-order valence-corrected chi connectivity index (χ4v) is 4.01. The van der Waals surface area contributed by atoms with Crippen LogP contribution in [-0.4, -0.2) is 29.8 Å². The van der Waals surface area contributed by atoms with Crippen molar-refractivity contribution in [3.63, 3.8) is 0 Å². The number of ether oxygens (including phenoxy) is 1. The maximum Gasteiger partial charge on any atom is 0.0941 e. The Kier molecular flexibility index (Phi) is 6.00. The maximum atomic E-state index is 6.30. The van der Waals surface area contributed by atoms with Gasteiger partial charge in [-0.1, -0.05) is 13.8 Å². The topological polar surface area (TPSA) is 34.2 Å². The van der Waals surface area contributed by atoms with Gasteiger partial charge in [0.1, 0.15) is 0 Å². The highest BCUT2D eigenvalue weighted by atomic mass is 32.1. The quantitative estimate of drug-likeness (QED) is 0.834. The van der Waals surface area contributed by atoms with E-state index in [0.717, 1.165) is 25.5 Å². The van der Waals surface area contributed by atoms with Crippen molar-refractivity contribution in [1.29, 1.82) is 0 Å². The minimum absolute atomic E-state index is 0.00292. The van der Waals surface area contributed by atoms with E-state index < -0.39 is 0 Å². The van der Waals surface area contributed by atoms with Crippen molar-refractivity contribution >= 4 is 11.3 Å². The third kappa shape index (κ3) is 3.80. The van der Waals surface area contributed by atoms with E-state index in [9.17, 15) is 0 Å². The first-order valence-corrected chi connectivity index (χ1v) is 8.84. The Labute approximate surface area is 127 Å². The van der Waals surface area contributed by atoms with E-state index in [1.165, 1.54) is 30.7 Å². The molecule has 1 aliphatic carbocycles. The zero-order valence-corrected chi connectivity index (χ0v) is 13.8. The van der Waals surface area contributed by atoms with Crippen LogP contribution in [0.2, 0.25) is 0 Å². The molecule has 0 amide bonds. The number of hydrogen-bond acceptors (Lipinski definition) is 4. The lowest BCUT2D eigenvalue weighted by Gasteiger charge is -2.45. The summed E-state index contributed by atoms with van der Waals surface area (Å²) in [4.78, 5) is 4.46. The summed E-state index contributed by atoms with van der Waals surface area (Å²) in [6.45, 7) is 8.44. The average molecular weight is 296 g/mol. The van der Waals surface area contributed by atoms with Gasteiger partial charge in [-0.25, -0.2) is 4.98 Å². The standard InChI is InChI=1S/C16H28N2OS/c1-4-17-14(12-15-18-10-11-20-15)16(19-5-2)8-6-13(3)7-9-16/h10-11,13-14,17H,4-9,12H2,1-3H3. The molecule has 1 saturated carbocycles. The summed E-state index contributed by atoms with van der Waals surface area (Å²) >= 11 is 1.75. The number of hydrogen-bond donors (Lipinski definition) is 1. The fourth-order valence-electron chi connectivity index (χ4n) is 3.35. The molecule has 0 aromatic carbocycles. The highest BCUT2D eigenvalue weighted by molar-refractivity contribution is 7.09. The van der Waals surface area contributed by atoms with Gasteiger partial charge in [-0.05, 0) is 45.1 Å². The van der Waals surface area contributed by atoms with Crippen LogP contribution in [0.4, 0.5) is 0 Å². The van der Waals surface area contributed by atoms with Crippen LogP contribution in [0.25, 0.3) is 0 Å². The molecule has 1 unspecified atom stereocenters. The van der Waals surface area contributed by atoms with E-state index in [1.807, 2.05) is 6.20 Å². The van der Waals surface area contributed by atoms with Gasteiger partial charge in [0.25, 0.3) is 0 Å². The van der Waals surface area contributed by atoms with Gasteiger partial charge in [0.2, 0.25) is 0 Å². The zero-order valence-electron chi connectivity index (χ0n) is 13.0. The van der Waals surface area contributed by atoms with E-state index in [4.69, 9.17) is 4.74 Å². The summed E-state index contributed by atoms with van der Waals surface area (Å²) in [5.41, 5.74) is 0.00292. The van der Waals surface area contributed by atoms with Crippen LogP contribution in [0.3, 0.4) is 0 Å². The van der Waals surface area contributed by atoms with Gasteiger partial charge < -0.3 is 10.1 Å². The smallest absolute Gasteiger partial charge is 0.0941 e. The van der Waals surface area contributed by atoms with Gasteiger partial charge in [-0.15, -0.1) is 11.3 Å². The number of nitrogens with zero attached hydrogens (tertiary/aromatic N) is 1. The molecule has 2 rings (SSSR count). The van der Waals surface area contributed by atoms with Gasteiger partial charge in [-0.2, -0.15) is 0 Å². The van der Waals surface area contributed by atoms with Crippen LogP contribution >= 0.6 is 11.3 Å². The lowest BCUT2D eigenvalue weighted by molar-refractivity contribution is -0.0958. The summed E-state index contributed by atoms with van der Waals surface area (Å²) in [7, 11) is 0. The van der Waals surface area contributed by atoms with Gasteiger partial charge in [-0.3, -0.25) is 0 Å². The van der Waals surface area contributed by atoms with Crippen LogP contribution in [0, 0.1) is 5.92 Å². The van der Waals surface area contributed by atoms with Crippen molar-refractivity contribution in [2.75, 3.05) is 13.2 Å². The minimum atomic E-state index is 0.00292. The summed E-state index contributed by atoms with van der Waals surface area (Å²) in [6, 6.07) is 0.381. The zero-order chi connectivity index (χ0) is 14.4. The molecule has 1 aromatic rings. The second kappa shape index (κ2) is 7.53. The van der Waals surface area contributed by atoms with Crippen LogP contribution < -0.4 is 5.32 Å². The number of nitrogens with one attached hydrogen (secondary N) is 1. The largest absolute Gasteiger partial charge is 0.374 e. The summed E-state index contributed by atoms with van der Waals surface area (Å²) in [5.74, 6) is 0.839. The number of thiazole rings is 1. The number of likely N-dealkylation sites (N-methyl/N-ethyl adjacent to an activating group) is 1. The van der Waals surface area contributed by atoms with Crippen LogP contribution in [0.5, 0.6) is 0 Å². The third-order valence-electron chi connectivity index (χ3n) is 4.50. The average Bonchev–Trinajstić information content (AvgIpc) is 2.94. The molecule has 0 saturated heterocycles. The molecular formula is C16H28N2OS. The monoisotopic (exact) mass is 296 g/mol. The highest BCUT2D eigenvalue weighted by Crippen LogP contribution is 2.38. The molecule has 1 aliphatic rings. The van der Waals surface area contributed by atoms with E-state index in [0.29, 0.717) is 6.04 Å². The first kappa shape index (κ1) is 15.9. The Morgan fingerprint density at radius 3 is 2.75 bits per heavy atom. The molecule has 0 bridgehead atoms. The normalized spacial score (nSPS) is 28.4. The number of rotatable bonds is 7. The van der Waals surface area contributed by atoms with Crippen LogP contribution in [-0.2, 0) is 11.2 Å². The Bertz CT molecular complexity index is 372. The van der Waals surface area contributed by atoms with Crippen molar-refractivity contribution in [2.24, 2.45) is 5.92 Å². The number of aromatic nitrogens is 1. The molecule has 0 aliphatic heterocycles. The molecule has 1 aromatic heterocycles. The van der Waals surface area contributed by atoms with Gasteiger partial charge in [0.15, 0.2) is 0 Å². The Balaban J connectivity index is 2.13. The highest BCUT2D eigenvalue weighted by Gasteiger charge is 2.41. The molecule has 1 atom stereocenters. The molecule has 1 N–H and O–H groups in total. The second-order valence-electron chi connectivity index (χ2n) is 5.92. The Morgan fingerprint density at radius 2 is 2.20 bits per heavy atom. The van der Waals surface area contributed by atoms with E-state index in [-0.39, 0.29) is 5.60 Å². The summed E-state index contributed by atoms with van der Waals surface area (Å²) < 4.78 is 6.30. The minimum Gasteiger partial charge on any atom is -0.374 e. The predicted octanol–water partition coefficient (Wildman–Crippen LogP) is 3.65. The summed E-state index contributed by atoms with van der Waals surface area (Å²) in [6.07, 6.45) is 7.79. The predicted molar refractivity (Wildman–Crippen MR) is 85.3 cm³/mol. The van der Waals surface area contributed by atoms with Crippen molar-refractivity contribution in [3.8, 4) is 0 Å². The molecule has 3 nitrogen and oxygen atoms in total. The van der Waals surface area contributed by atoms with E-state index in [2.05, 4.69) is 36.5 Å². The lowest BCUT2D eigenvalue weighted by Crippen LogP contribution is -2.55. The molecule has 0 radical (unpaired) electrons. The van der Waals surface area contributed by atoms with Crippen molar-refractivity contribution in [2.45, 2.75) is 64.5 Å². The van der Waals surface area contributed by atoms with Gasteiger partial charge in [0.05, 0.1) is 10.6 Å². The maximum absolute atomic E-state index is 6.30. The second-order valence-corrected chi connectivity index (χ2v) is 6.90. The molecular weight excluding hydrogens is 268 g/mol. The van der Waals surface area contributed by atoms with Crippen LogP contribution in [0.1, 0.15) is 51.5 Å². The van der Waals surface area contributed by atoms with Gasteiger partial charge in [0, 0.05) is 30.6 Å². The SMILES string of the molecule is CCNC(Cc1nccs1)C1(OCC)CCC(C)CC1. The molecule has 20 heavy (non-hydrogen) atoms. The Morgan fingerprint density at radius 1 is 1.45 bits per heavy atom. The van der Waals surface area contributed by atoms with E-state index in [1.54, 1.807) is 11.3 Å². The molecule has 0 spiro atoms. The summed E-state index contributed by atoms with van der Waals surface area (Å²) in [5, 5.41) is 6.95. The first-order valence-electron chi connectivity index (χ1n) is 7.96. The lowest BCUT2D eigenvalue weighted by atomic mass is 9.74. The molecule has 1 fully saturated rings. The van der Waals surface area contributed by atoms with Gasteiger partial charge >= 0.3 is 0 Å². The van der Waals surface area contributed by atoms with Crippen molar-refractivity contribution in [1.82, 2.24) is 10.3 Å².